The van der Waals surface area contributed by atoms with E-state index in [0.29, 0.717) is 36.6 Å². The van der Waals surface area contributed by atoms with E-state index in [0.717, 1.165) is 30.0 Å². The molecule has 172 valence electrons. The van der Waals surface area contributed by atoms with Crippen molar-refractivity contribution in [3.05, 3.63) is 89.2 Å². The maximum Gasteiger partial charge on any atom is 0.340 e. The first kappa shape index (κ1) is 22.6. The standard InChI is InChI=1S/C26H27FN2O4/c1-31-26(30)22-16-21(10-11-24(22)29-12-14-32-15-13-29)28-17-19-6-3-5-9-25(19)33-18-20-7-2-4-8-23(20)27/h2-11,16,28H,12-15,17-18H2,1H3. The molecule has 3 aromatic rings. The van der Waals surface area contributed by atoms with Crippen molar-refractivity contribution in [2.24, 2.45) is 0 Å². The lowest BCUT2D eigenvalue weighted by molar-refractivity contribution is 0.0600. The van der Waals surface area contributed by atoms with Crippen LogP contribution < -0.4 is 15.0 Å². The highest BCUT2D eigenvalue weighted by molar-refractivity contribution is 5.97. The van der Waals surface area contributed by atoms with Crippen molar-refractivity contribution in [1.82, 2.24) is 0 Å². The highest BCUT2D eigenvalue weighted by Gasteiger charge is 2.20. The summed E-state index contributed by atoms with van der Waals surface area (Å²) in [4.78, 5) is 14.6. The molecule has 1 aliphatic heterocycles. The Kier molecular flexibility index (Phi) is 7.42. The van der Waals surface area contributed by atoms with Gasteiger partial charge in [-0.2, -0.15) is 0 Å². The van der Waals surface area contributed by atoms with Crippen LogP contribution in [0.25, 0.3) is 0 Å². The van der Waals surface area contributed by atoms with Crippen molar-refractivity contribution in [2.45, 2.75) is 13.2 Å². The second-order valence-electron chi connectivity index (χ2n) is 7.66. The molecular formula is C26H27FN2O4. The molecule has 0 amide bonds. The predicted octanol–water partition coefficient (Wildman–Crippen LogP) is 4.64. The quantitative estimate of drug-likeness (QED) is 0.505. The Morgan fingerprint density at radius 2 is 1.76 bits per heavy atom. The highest BCUT2D eigenvalue weighted by atomic mass is 19.1. The number of carbonyl (C=O) groups is 1. The molecule has 0 radical (unpaired) electrons. The number of nitrogens with zero attached hydrogens (tertiary/aromatic N) is 1. The Morgan fingerprint density at radius 1 is 1.03 bits per heavy atom. The number of ether oxygens (including phenoxy) is 3. The molecule has 1 saturated heterocycles. The zero-order chi connectivity index (χ0) is 23.0. The number of carbonyl (C=O) groups excluding carboxylic acids is 1. The van der Waals surface area contributed by atoms with Gasteiger partial charge < -0.3 is 24.4 Å². The molecule has 3 aromatic carbocycles. The van der Waals surface area contributed by atoms with Crippen LogP contribution in [0.3, 0.4) is 0 Å². The lowest BCUT2D eigenvalue weighted by atomic mass is 10.1. The minimum atomic E-state index is -0.381. The van der Waals surface area contributed by atoms with Gasteiger partial charge in [-0.1, -0.05) is 36.4 Å². The largest absolute Gasteiger partial charge is 0.488 e. The molecule has 0 saturated carbocycles. The average molecular weight is 451 g/mol. The summed E-state index contributed by atoms with van der Waals surface area (Å²) in [6.45, 7) is 3.33. The SMILES string of the molecule is COC(=O)c1cc(NCc2ccccc2OCc2ccccc2F)ccc1N1CCOCC1. The molecule has 4 rings (SSSR count). The number of benzene rings is 3. The monoisotopic (exact) mass is 450 g/mol. The van der Waals surface area contributed by atoms with Gasteiger partial charge in [0.15, 0.2) is 0 Å². The van der Waals surface area contributed by atoms with E-state index in [9.17, 15) is 9.18 Å². The fourth-order valence-corrected chi connectivity index (χ4v) is 3.76. The van der Waals surface area contributed by atoms with Gasteiger partial charge in [0, 0.05) is 36.4 Å². The van der Waals surface area contributed by atoms with Gasteiger partial charge in [-0.15, -0.1) is 0 Å². The normalized spacial score (nSPS) is 13.5. The molecule has 1 fully saturated rings. The lowest BCUT2D eigenvalue weighted by Gasteiger charge is -2.30. The second kappa shape index (κ2) is 10.8. The summed E-state index contributed by atoms with van der Waals surface area (Å²) in [6, 6.07) is 19.9. The number of nitrogens with one attached hydrogen (secondary N) is 1. The number of methoxy groups -OCH3 is 1. The van der Waals surface area contributed by atoms with Crippen molar-refractivity contribution in [1.29, 1.82) is 0 Å². The molecule has 1 N–H and O–H groups in total. The van der Waals surface area contributed by atoms with E-state index >= 15 is 0 Å². The third kappa shape index (κ3) is 5.62. The molecule has 7 heteroatoms. The van der Waals surface area contributed by atoms with E-state index in [-0.39, 0.29) is 18.4 Å². The molecular weight excluding hydrogens is 423 g/mol. The average Bonchev–Trinajstić information content (AvgIpc) is 2.87. The first-order chi connectivity index (χ1) is 16.2. The van der Waals surface area contributed by atoms with Crippen molar-refractivity contribution < 1.29 is 23.4 Å². The van der Waals surface area contributed by atoms with Crippen LogP contribution in [0.4, 0.5) is 15.8 Å². The molecule has 1 aliphatic rings. The van der Waals surface area contributed by atoms with Gasteiger partial charge in [-0.3, -0.25) is 0 Å². The number of para-hydroxylation sites is 1. The minimum absolute atomic E-state index is 0.143. The van der Waals surface area contributed by atoms with E-state index in [1.807, 2.05) is 36.4 Å². The Bertz CT molecular complexity index is 1100. The van der Waals surface area contributed by atoms with Crippen LogP contribution in [-0.4, -0.2) is 39.4 Å². The van der Waals surface area contributed by atoms with Gasteiger partial charge >= 0.3 is 5.97 Å². The Morgan fingerprint density at radius 3 is 2.52 bits per heavy atom. The van der Waals surface area contributed by atoms with Gasteiger partial charge in [0.25, 0.3) is 0 Å². The number of halogens is 1. The molecule has 0 spiro atoms. The maximum absolute atomic E-state index is 13.9. The summed E-state index contributed by atoms with van der Waals surface area (Å²) >= 11 is 0. The van der Waals surface area contributed by atoms with Crippen LogP contribution in [0.1, 0.15) is 21.5 Å². The molecule has 0 bridgehead atoms. The number of hydrogen-bond donors (Lipinski definition) is 1. The fraction of sp³-hybridized carbons (Fsp3) is 0.269. The van der Waals surface area contributed by atoms with Crippen molar-refractivity contribution >= 4 is 17.3 Å². The van der Waals surface area contributed by atoms with Crippen LogP contribution in [0, 0.1) is 5.82 Å². The third-order valence-corrected chi connectivity index (χ3v) is 5.55. The van der Waals surface area contributed by atoms with Crippen LogP contribution in [0.2, 0.25) is 0 Å². The number of anilines is 2. The topological polar surface area (TPSA) is 60.0 Å². The minimum Gasteiger partial charge on any atom is -0.488 e. The van der Waals surface area contributed by atoms with Crippen LogP contribution in [0.15, 0.2) is 66.7 Å². The van der Waals surface area contributed by atoms with Crippen LogP contribution in [-0.2, 0) is 22.6 Å². The predicted molar refractivity (Wildman–Crippen MR) is 125 cm³/mol. The second-order valence-corrected chi connectivity index (χ2v) is 7.66. The van der Waals surface area contributed by atoms with Crippen LogP contribution in [0.5, 0.6) is 5.75 Å². The molecule has 6 nitrogen and oxygen atoms in total. The summed E-state index contributed by atoms with van der Waals surface area (Å²) in [5.41, 5.74) is 3.56. The Balaban J connectivity index is 1.47. The van der Waals surface area contributed by atoms with E-state index in [2.05, 4.69) is 10.2 Å². The van der Waals surface area contributed by atoms with Crippen LogP contribution >= 0.6 is 0 Å². The Hall–Kier alpha value is -3.58. The van der Waals surface area contributed by atoms with Gasteiger partial charge in [-0.05, 0) is 30.3 Å². The van der Waals surface area contributed by atoms with Crippen molar-refractivity contribution in [2.75, 3.05) is 43.6 Å². The molecule has 0 aromatic heterocycles. The highest BCUT2D eigenvalue weighted by Crippen LogP contribution is 2.27. The molecule has 0 unspecified atom stereocenters. The number of hydrogen-bond acceptors (Lipinski definition) is 6. The van der Waals surface area contributed by atoms with Gasteiger partial charge in [-0.25, -0.2) is 9.18 Å². The van der Waals surface area contributed by atoms with Gasteiger partial charge in [0.1, 0.15) is 18.2 Å². The molecule has 0 aliphatic carbocycles. The molecule has 1 heterocycles. The smallest absolute Gasteiger partial charge is 0.340 e. The zero-order valence-corrected chi connectivity index (χ0v) is 18.6. The van der Waals surface area contributed by atoms with Gasteiger partial charge in [0.05, 0.1) is 31.6 Å². The van der Waals surface area contributed by atoms with Gasteiger partial charge in [0.2, 0.25) is 0 Å². The summed E-state index contributed by atoms with van der Waals surface area (Å²) < 4.78 is 30.3. The number of morpholine rings is 1. The molecule has 0 atom stereocenters. The number of esters is 1. The first-order valence-electron chi connectivity index (χ1n) is 10.9. The lowest BCUT2D eigenvalue weighted by Crippen LogP contribution is -2.37. The third-order valence-electron chi connectivity index (χ3n) is 5.55. The summed E-state index contributed by atoms with van der Waals surface area (Å²) in [7, 11) is 1.38. The fourth-order valence-electron chi connectivity index (χ4n) is 3.76. The molecule has 33 heavy (non-hydrogen) atoms. The first-order valence-corrected chi connectivity index (χ1v) is 10.9. The summed E-state index contributed by atoms with van der Waals surface area (Å²) in [5.74, 6) is 0.00366. The van der Waals surface area contributed by atoms with E-state index < -0.39 is 0 Å². The zero-order valence-electron chi connectivity index (χ0n) is 18.6. The van der Waals surface area contributed by atoms with E-state index in [1.54, 1.807) is 24.3 Å². The van der Waals surface area contributed by atoms with E-state index in [4.69, 9.17) is 14.2 Å². The van der Waals surface area contributed by atoms with Crippen molar-refractivity contribution in [3.8, 4) is 5.75 Å². The summed E-state index contributed by atoms with van der Waals surface area (Å²) in [6.07, 6.45) is 0. The summed E-state index contributed by atoms with van der Waals surface area (Å²) in [5, 5.41) is 3.36. The van der Waals surface area contributed by atoms with E-state index in [1.165, 1.54) is 13.2 Å². The number of rotatable bonds is 8. The Labute approximate surface area is 192 Å². The van der Waals surface area contributed by atoms with Crippen molar-refractivity contribution in [3.63, 3.8) is 0 Å². The maximum atomic E-state index is 13.9.